The third-order valence-corrected chi connectivity index (χ3v) is 2.69. The number of hydrogen-bond acceptors (Lipinski definition) is 5. The zero-order valence-corrected chi connectivity index (χ0v) is 10.2. The van der Waals surface area contributed by atoms with Crippen LogP contribution in [0.2, 0.25) is 0 Å². The number of carbonyl (C=O) groups is 2. The van der Waals surface area contributed by atoms with Gasteiger partial charge in [-0.15, -0.1) is 0 Å². The maximum absolute atomic E-state index is 11.4. The fraction of sp³-hybridized carbons (Fsp3) is 0.778. The number of nitrogens with two attached hydrogens (primary N) is 1. The first kappa shape index (κ1) is 15.2. The van der Waals surface area contributed by atoms with E-state index in [1.807, 2.05) is 6.26 Å². The Bertz CT molecular complexity index is 248. The molecule has 0 bridgehead atoms. The third-order valence-electron chi connectivity index (χ3n) is 2.05. The van der Waals surface area contributed by atoms with Crippen LogP contribution in [0.25, 0.3) is 0 Å². The Morgan fingerprint density at radius 3 is 2.44 bits per heavy atom. The van der Waals surface area contributed by atoms with Crippen LogP contribution in [-0.4, -0.2) is 52.3 Å². The second kappa shape index (κ2) is 7.48. The van der Waals surface area contributed by atoms with E-state index in [-0.39, 0.29) is 0 Å². The Labute approximate surface area is 98.6 Å². The van der Waals surface area contributed by atoms with Crippen LogP contribution < -0.4 is 11.1 Å². The molecule has 0 aliphatic carbocycles. The number of carboxylic acids is 1. The van der Waals surface area contributed by atoms with E-state index in [0.717, 1.165) is 0 Å². The van der Waals surface area contributed by atoms with E-state index in [1.165, 1.54) is 18.7 Å². The van der Waals surface area contributed by atoms with Crippen LogP contribution >= 0.6 is 11.8 Å². The van der Waals surface area contributed by atoms with Gasteiger partial charge in [-0.2, -0.15) is 11.8 Å². The van der Waals surface area contributed by atoms with Crippen molar-refractivity contribution in [3.63, 3.8) is 0 Å². The summed E-state index contributed by atoms with van der Waals surface area (Å²) in [5, 5.41) is 20.2. The lowest BCUT2D eigenvalue weighted by Crippen LogP contribution is -2.52. The number of carboxylic acid groups (broad SMARTS) is 1. The molecule has 16 heavy (non-hydrogen) atoms. The SMILES string of the molecule is CSCC[C@H](NC(=O)[C@@H](N)[C@H](C)O)C(=O)O. The highest BCUT2D eigenvalue weighted by molar-refractivity contribution is 7.98. The second-order valence-corrected chi connectivity index (χ2v) is 4.43. The van der Waals surface area contributed by atoms with Crippen LogP contribution in [-0.2, 0) is 9.59 Å². The van der Waals surface area contributed by atoms with Gasteiger partial charge in [-0.25, -0.2) is 4.79 Å². The maximum Gasteiger partial charge on any atom is 0.326 e. The van der Waals surface area contributed by atoms with Crippen LogP contribution in [0.5, 0.6) is 0 Å². The average Bonchev–Trinajstić information content (AvgIpc) is 2.21. The highest BCUT2D eigenvalue weighted by Gasteiger charge is 2.25. The molecule has 0 fully saturated rings. The zero-order chi connectivity index (χ0) is 12.7. The molecule has 0 aromatic heterocycles. The number of nitrogens with one attached hydrogen (secondary N) is 1. The molecule has 0 aliphatic rings. The van der Waals surface area contributed by atoms with Crippen molar-refractivity contribution >= 4 is 23.6 Å². The van der Waals surface area contributed by atoms with Crippen LogP contribution in [0, 0.1) is 0 Å². The number of aliphatic hydroxyl groups is 1. The number of thioether (sulfide) groups is 1. The predicted octanol–water partition coefficient (Wildman–Crippen LogP) is -0.983. The van der Waals surface area contributed by atoms with E-state index < -0.39 is 30.1 Å². The highest BCUT2D eigenvalue weighted by Crippen LogP contribution is 2.01. The molecular formula is C9H18N2O4S. The molecule has 0 aliphatic heterocycles. The minimum absolute atomic E-state index is 0.328. The van der Waals surface area contributed by atoms with Crippen LogP contribution in [0.15, 0.2) is 0 Å². The molecular weight excluding hydrogens is 232 g/mol. The summed E-state index contributed by atoms with van der Waals surface area (Å²) in [5.74, 6) is -1.12. The standard InChI is InChI=1S/C9H18N2O4S/c1-5(12)7(10)8(13)11-6(9(14)15)3-4-16-2/h5-7,12H,3-4,10H2,1-2H3,(H,11,13)(H,14,15)/t5-,6-,7-/m0/s1. The van der Waals surface area contributed by atoms with Gasteiger partial charge >= 0.3 is 5.97 Å². The van der Waals surface area contributed by atoms with Gasteiger partial charge in [0.05, 0.1) is 6.10 Å². The Morgan fingerprint density at radius 2 is 2.06 bits per heavy atom. The van der Waals surface area contributed by atoms with Crippen molar-refractivity contribution in [2.24, 2.45) is 5.73 Å². The minimum atomic E-state index is -1.10. The van der Waals surface area contributed by atoms with E-state index in [1.54, 1.807) is 0 Å². The molecule has 0 aromatic carbocycles. The van der Waals surface area contributed by atoms with Gasteiger partial charge in [0.1, 0.15) is 12.1 Å². The predicted molar refractivity (Wildman–Crippen MR) is 62.2 cm³/mol. The molecule has 0 saturated carbocycles. The largest absolute Gasteiger partial charge is 0.480 e. The number of hydrogen-bond donors (Lipinski definition) is 4. The normalized spacial score (nSPS) is 16.2. The Balaban J connectivity index is 4.28. The lowest BCUT2D eigenvalue weighted by molar-refractivity contribution is -0.142. The summed E-state index contributed by atoms with van der Waals surface area (Å²) in [4.78, 5) is 22.2. The van der Waals surface area contributed by atoms with Crippen molar-refractivity contribution in [1.29, 1.82) is 0 Å². The first-order valence-corrected chi connectivity index (χ1v) is 6.25. The molecule has 3 atom stereocenters. The van der Waals surface area contributed by atoms with Crippen molar-refractivity contribution in [2.75, 3.05) is 12.0 Å². The zero-order valence-electron chi connectivity index (χ0n) is 9.34. The monoisotopic (exact) mass is 250 g/mol. The van der Waals surface area contributed by atoms with Crippen molar-refractivity contribution in [1.82, 2.24) is 5.32 Å². The molecule has 1 amide bonds. The number of aliphatic hydroxyl groups excluding tert-OH is 1. The third kappa shape index (κ3) is 5.34. The molecule has 5 N–H and O–H groups in total. The number of carbonyl (C=O) groups excluding carboxylic acids is 1. The molecule has 7 heteroatoms. The number of aliphatic carboxylic acids is 1. The van der Waals surface area contributed by atoms with E-state index in [0.29, 0.717) is 12.2 Å². The van der Waals surface area contributed by atoms with E-state index >= 15 is 0 Å². The van der Waals surface area contributed by atoms with E-state index in [9.17, 15) is 9.59 Å². The minimum Gasteiger partial charge on any atom is -0.480 e. The average molecular weight is 250 g/mol. The summed E-state index contributed by atoms with van der Waals surface area (Å²) in [6.07, 6.45) is 1.17. The molecule has 94 valence electrons. The van der Waals surface area contributed by atoms with E-state index in [2.05, 4.69) is 5.32 Å². The van der Waals surface area contributed by atoms with Crippen LogP contribution in [0.3, 0.4) is 0 Å². The molecule has 6 nitrogen and oxygen atoms in total. The van der Waals surface area contributed by atoms with Gasteiger partial charge in [-0.3, -0.25) is 4.79 Å². The van der Waals surface area contributed by atoms with Crippen molar-refractivity contribution < 1.29 is 19.8 Å². The van der Waals surface area contributed by atoms with E-state index in [4.69, 9.17) is 15.9 Å². The first-order valence-electron chi connectivity index (χ1n) is 4.86. The fourth-order valence-electron chi connectivity index (χ4n) is 0.980. The van der Waals surface area contributed by atoms with Gasteiger partial charge in [0.25, 0.3) is 0 Å². The summed E-state index contributed by atoms with van der Waals surface area (Å²) in [5.41, 5.74) is 5.38. The topological polar surface area (TPSA) is 113 Å². The first-order chi connectivity index (χ1) is 7.40. The lowest BCUT2D eigenvalue weighted by atomic mass is 10.1. The smallest absolute Gasteiger partial charge is 0.326 e. The molecule has 0 heterocycles. The quantitative estimate of drug-likeness (QED) is 0.462. The molecule has 0 spiro atoms. The molecule has 0 radical (unpaired) electrons. The van der Waals surface area contributed by atoms with Gasteiger partial charge in [-0.1, -0.05) is 0 Å². The highest BCUT2D eigenvalue weighted by atomic mass is 32.2. The van der Waals surface area contributed by atoms with Gasteiger partial charge < -0.3 is 21.3 Å². The number of rotatable bonds is 7. The summed E-state index contributed by atoms with van der Waals surface area (Å²) in [7, 11) is 0. The van der Waals surface area contributed by atoms with Crippen molar-refractivity contribution in [3.05, 3.63) is 0 Å². The summed E-state index contributed by atoms with van der Waals surface area (Å²) < 4.78 is 0. The Kier molecular flexibility index (Phi) is 7.11. The Morgan fingerprint density at radius 1 is 1.50 bits per heavy atom. The van der Waals surface area contributed by atoms with Crippen molar-refractivity contribution in [3.8, 4) is 0 Å². The summed E-state index contributed by atoms with van der Waals surface area (Å²) in [6, 6.07) is -2.05. The van der Waals surface area contributed by atoms with Crippen LogP contribution in [0.1, 0.15) is 13.3 Å². The van der Waals surface area contributed by atoms with Gasteiger partial charge in [0.15, 0.2) is 0 Å². The summed E-state index contributed by atoms with van der Waals surface area (Å²) in [6.45, 7) is 1.38. The van der Waals surface area contributed by atoms with Gasteiger partial charge in [0.2, 0.25) is 5.91 Å². The van der Waals surface area contributed by atoms with Crippen molar-refractivity contribution in [2.45, 2.75) is 31.5 Å². The molecule has 0 aromatic rings. The van der Waals surface area contributed by atoms with Gasteiger partial charge in [-0.05, 0) is 25.4 Å². The van der Waals surface area contributed by atoms with Crippen LogP contribution in [0.4, 0.5) is 0 Å². The second-order valence-electron chi connectivity index (χ2n) is 3.45. The molecule has 0 unspecified atom stereocenters. The fourth-order valence-corrected chi connectivity index (χ4v) is 1.45. The number of amides is 1. The maximum atomic E-state index is 11.4. The molecule has 0 saturated heterocycles. The van der Waals surface area contributed by atoms with Gasteiger partial charge in [0, 0.05) is 0 Å². The molecule has 0 rings (SSSR count). The lowest BCUT2D eigenvalue weighted by Gasteiger charge is -2.18. The summed E-state index contributed by atoms with van der Waals surface area (Å²) >= 11 is 1.49. The Hall–Kier alpha value is -0.790.